The molecule has 2 aromatic heterocycles. The third-order valence-corrected chi connectivity index (χ3v) is 3.47. The van der Waals surface area contributed by atoms with Gasteiger partial charge in [-0.15, -0.1) is 0 Å². The molecule has 2 heterocycles. The predicted molar refractivity (Wildman–Crippen MR) is 84.9 cm³/mol. The normalized spacial score (nSPS) is 10.9. The largest absolute Gasteiger partial charge is 0.342 e. The number of nitrogens with zero attached hydrogens (tertiary/aromatic N) is 3. The molecule has 3 rings (SSSR count). The Morgan fingerprint density at radius 2 is 2.09 bits per heavy atom. The topological polar surface area (TPSA) is 83.6 Å². The molecule has 0 atom stereocenters. The molecule has 1 aromatic carbocycles. The number of carbonyl (C=O) groups excluding carboxylic acids is 1. The van der Waals surface area contributed by atoms with Gasteiger partial charge in [0.1, 0.15) is 11.6 Å². The Labute approximate surface area is 128 Å². The predicted octanol–water partition coefficient (Wildman–Crippen LogP) is 2.78. The van der Waals surface area contributed by atoms with E-state index in [-0.39, 0.29) is 5.91 Å². The second-order valence-corrected chi connectivity index (χ2v) is 5.14. The zero-order valence-corrected chi connectivity index (χ0v) is 12.8. The van der Waals surface area contributed by atoms with Crippen molar-refractivity contribution in [3.05, 3.63) is 47.3 Å². The Morgan fingerprint density at radius 1 is 1.27 bits per heavy atom. The second kappa shape index (κ2) is 5.55. The molecule has 0 aliphatic rings. The number of benzene rings is 1. The van der Waals surface area contributed by atoms with Crippen molar-refractivity contribution >= 4 is 22.6 Å². The van der Waals surface area contributed by atoms with Crippen molar-refractivity contribution in [1.82, 2.24) is 19.9 Å². The quantitative estimate of drug-likeness (QED) is 0.778. The van der Waals surface area contributed by atoms with Crippen LogP contribution in [0.2, 0.25) is 0 Å². The Hall–Kier alpha value is -2.76. The second-order valence-electron chi connectivity index (χ2n) is 5.14. The fourth-order valence-corrected chi connectivity index (χ4v) is 2.31. The van der Waals surface area contributed by atoms with Crippen LogP contribution in [0.3, 0.4) is 0 Å². The molecule has 1 amide bonds. The first-order chi connectivity index (χ1) is 10.6. The number of aromatic amines is 1. The first-order valence-electron chi connectivity index (χ1n) is 7.17. The molecule has 3 aromatic rings. The number of aryl methyl sites for hydroxylation is 3. The number of nitrogens with one attached hydrogen (secondary N) is 2. The Balaban J connectivity index is 1.87. The lowest BCUT2D eigenvalue weighted by Gasteiger charge is -2.07. The molecule has 112 valence electrons. The number of rotatable bonds is 3. The lowest BCUT2D eigenvalue weighted by atomic mass is 10.2. The van der Waals surface area contributed by atoms with Crippen LogP contribution in [0.5, 0.6) is 0 Å². The van der Waals surface area contributed by atoms with Crippen LogP contribution in [0, 0.1) is 13.8 Å². The maximum Gasteiger partial charge on any atom is 0.259 e. The zero-order chi connectivity index (χ0) is 15.7. The van der Waals surface area contributed by atoms with Gasteiger partial charge in [-0.3, -0.25) is 4.79 Å². The number of hydrogen-bond acceptors (Lipinski definition) is 4. The van der Waals surface area contributed by atoms with E-state index in [9.17, 15) is 4.79 Å². The minimum atomic E-state index is -0.216. The molecule has 22 heavy (non-hydrogen) atoms. The third kappa shape index (κ3) is 2.67. The number of anilines is 1. The fourth-order valence-electron chi connectivity index (χ4n) is 2.31. The summed E-state index contributed by atoms with van der Waals surface area (Å²) in [5.41, 5.74) is 3.66. The summed E-state index contributed by atoms with van der Waals surface area (Å²) in [6, 6.07) is 5.60. The Morgan fingerprint density at radius 3 is 2.82 bits per heavy atom. The monoisotopic (exact) mass is 295 g/mol. The van der Waals surface area contributed by atoms with E-state index in [0.29, 0.717) is 22.8 Å². The molecule has 0 spiro atoms. The maximum absolute atomic E-state index is 12.3. The van der Waals surface area contributed by atoms with Gasteiger partial charge in [-0.05, 0) is 32.0 Å². The lowest BCUT2D eigenvalue weighted by Crippen LogP contribution is -2.15. The average Bonchev–Trinajstić information content (AvgIpc) is 2.89. The minimum absolute atomic E-state index is 0.216. The first kappa shape index (κ1) is 14.2. The number of fused-ring (bicyclic) bond motifs is 1. The summed E-state index contributed by atoms with van der Waals surface area (Å²) in [6.07, 6.45) is 2.40. The van der Waals surface area contributed by atoms with Gasteiger partial charge in [-0.25, -0.2) is 15.0 Å². The van der Waals surface area contributed by atoms with E-state index >= 15 is 0 Å². The first-order valence-corrected chi connectivity index (χ1v) is 7.17. The number of H-pyrrole nitrogens is 1. The molecule has 0 unspecified atom stereocenters. The molecule has 6 heteroatoms. The van der Waals surface area contributed by atoms with Crippen molar-refractivity contribution in [2.45, 2.75) is 27.2 Å². The van der Waals surface area contributed by atoms with Crippen molar-refractivity contribution in [1.29, 1.82) is 0 Å². The molecular weight excluding hydrogens is 278 g/mol. The van der Waals surface area contributed by atoms with E-state index in [2.05, 4.69) is 25.3 Å². The highest BCUT2D eigenvalue weighted by molar-refractivity contribution is 6.05. The van der Waals surface area contributed by atoms with E-state index in [1.54, 1.807) is 20.0 Å². The molecule has 0 fully saturated rings. The van der Waals surface area contributed by atoms with Crippen LogP contribution in [0.4, 0.5) is 5.69 Å². The number of carbonyl (C=O) groups is 1. The van der Waals surface area contributed by atoms with Gasteiger partial charge in [0.2, 0.25) is 0 Å². The van der Waals surface area contributed by atoms with Gasteiger partial charge in [0, 0.05) is 18.3 Å². The molecule has 0 aliphatic heterocycles. The van der Waals surface area contributed by atoms with Crippen molar-refractivity contribution in [3.8, 4) is 0 Å². The Bertz CT molecular complexity index is 853. The van der Waals surface area contributed by atoms with Crippen molar-refractivity contribution in [3.63, 3.8) is 0 Å². The summed E-state index contributed by atoms with van der Waals surface area (Å²) in [5, 5.41) is 2.87. The summed E-state index contributed by atoms with van der Waals surface area (Å²) in [5.74, 6) is 1.37. The molecular formula is C16H17N5O. The van der Waals surface area contributed by atoms with Gasteiger partial charge in [-0.2, -0.15) is 0 Å². The van der Waals surface area contributed by atoms with Crippen LogP contribution >= 0.6 is 0 Å². The highest BCUT2D eigenvalue weighted by Crippen LogP contribution is 2.18. The molecule has 0 saturated heterocycles. The molecule has 0 saturated carbocycles. The summed E-state index contributed by atoms with van der Waals surface area (Å²) in [4.78, 5) is 28.3. The highest BCUT2D eigenvalue weighted by atomic mass is 16.1. The SMILES string of the molecule is CCc1nc2ccc(NC(=O)c3cnc(C)nc3C)cc2[nH]1. The number of imidazole rings is 1. The Kier molecular flexibility index (Phi) is 3.58. The zero-order valence-electron chi connectivity index (χ0n) is 12.8. The van der Waals surface area contributed by atoms with Crippen LogP contribution in [0.1, 0.15) is 34.6 Å². The number of aromatic nitrogens is 4. The van der Waals surface area contributed by atoms with Gasteiger partial charge in [0.05, 0.1) is 22.3 Å². The van der Waals surface area contributed by atoms with Crippen LogP contribution in [0.15, 0.2) is 24.4 Å². The van der Waals surface area contributed by atoms with Crippen LogP contribution in [0.25, 0.3) is 11.0 Å². The van der Waals surface area contributed by atoms with Gasteiger partial charge in [-0.1, -0.05) is 6.92 Å². The number of amides is 1. The fraction of sp³-hybridized carbons (Fsp3) is 0.250. The number of hydrogen-bond donors (Lipinski definition) is 2. The average molecular weight is 295 g/mol. The molecule has 2 N–H and O–H groups in total. The lowest BCUT2D eigenvalue weighted by molar-refractivity contribution is 0.102. The van der Waals surface area contributed by atoms with E-state index in [0.717, 1.165) is 23.3 Å². The van der Waals surface area contributed by atoms with Gasteiger partial charge in [0.15, 0.2) is 0 Å². The van der Waals surface area contributed by atoms with Crippen LogP contribution in [-0.4, -0.2) is 25.8 Å². The summed E-state index contributed by atoms with van der Waals surface area (Å²) in [7, 11) is 0. The van der Waals surface area contributed by atoms with Crippen molar-refractivity contribution in [2.75, 3.05) is 5.32 Å². The standard InChI is InChI=1S/C16H17N5O/c1-4-15-20-13-6-5-11(7-14(13)21-15)19-16(22)12-8-17-10(3)18-9(12)2/h5-8H,4H2,1-3H3,(H,19,22)(H,20,21). The summed E-state index contributed by atoms with van der Waals surface area (Å²) in [6.45, 7) is 5.64. The van der Waals surface area contributed by atoms with Crippen LogP contribution in [-0.2, 0) is 6.42 Å². The molecule has 0 bridgehead atoms. The third-order valence-electron chi connectivity index (χ3n) is 3.47. The summed E-state index contributed by atoms with van der Waals surface area (Å²) >= 11 is 0. The van der Waals surface area contributed by atoms with E-state index in [4.69, 9.17) is 0 Å². The van der Waals surface area contributed by atoms with Crippen molar-refractivity contribution < 1.29 is 4.79 Å². The van der Waals surface area contributed by atoms with Crippen molar-refractivity contribution in [2.24, 2.45) is 0 Å². The van der Waals surface area contributed by atoms with Gasteiger partial charge < -0.3 is 10.3 Å². The van der Waals surface area contributed by atoms with Gasteiger partial charge in [0.25, 0.3) is 5.91 Å². The molecule has 0 aliphatic carbocycles. The molecule has 0 radical (unpaired) electrons. The molecule has 6 nitrogen and oxygen atoms in total. The van der Waals surface area contributed by atoms with E-state index < -0.39 is 0 Å². The minimum Gasteiger partial charge on any atom is -0.342 e. The van der Waals surface area contributed by atoms with Gasteiger partial charge >= 0.3 is 0 Å². The highest BCUT2D eigenvalue weighted by Gasteiger charge is 2.12. The smallest absolute Gasteiger partial charge is 0.259 e. The van der Waals surface area contributed by atoms with E-state index in [1.165, 1.54) is 0 Å². The van der Waals surface area contributed by atoms with E-state index in [1.807, 2.05) is 25.1 Å². The maximum atomic E-state index is 12.3. The van der Waals surface area contributed by atoms with Crippen LogP contribution < -0.4 is 5.32 Å². The summed E-state index contributed by atoms with van der Waals surface area (Å²) < 4.78 is 0.